The first-order valence-corrected chi connectivity index (χ1v) is 6.14. The van der Waals surface area contributed by atoms with Crippen LogP contribution >= 0.6 is 0 Å². The summed E-state index contributed by atoms with van der Waals surface area (Å²) in [4.78, 5) is 0. The van der Waals surface area contributed by atoms with E-state index in [1.807, 2.05) is 45.0 Å². The molecule has 0 saturated heterocycles. The van der Waals surface area contributed by atoms with Gasteiger partial charge in [0.2, 0.25) is 0 Å². The van der Waals surface area contributed by atoms with Crippen LogP contribution in [0.1, 0.15) is 25.0 Å². The molecule has 18 heavy (non-hydrogen) atoms. The lowest BCUT2D eigenvalue weighted by molar-refractivity contribution is 0.242. The summed E-state index contributed by atoms with van der Waals surface area (Å²) in [5.41, 5.74) is 4.27. The third-order valence-corrected chi connectivity index (χ3v) is 2.84. The lowest BCUT2D eigenvalue weighted by atomic mass is 10.0. The number of hydrogen-bond acceptors (Lipinski definition) is 3. The van der Waals surface area contributed by atoms with Crippen molar-refractivity contribution in [3.63, 3.8) is 0 Å². The Labute approximate surface area is 108 Å². The summed E-state index contributed by atoms with van der Waals surface area (Å²) in [6.45, 7) is 8.14. The number of hydrogen-bond donors (Lipinski definition) is 0. The third kappa shape index (κ3) is 2.67. The van der Waals surface area contributed by atoms with Gasteiger partial charge in [0.25, 0.3) is 0 Å². The van der Waals surface area contributed by atoms with E-state index in [-0.39, 0.29) is 6.10 Å². The highest BCUT2D eigenvalue weighted by atomic mass is 16.5. The van der Waals surface area contributed by atoms with Crippen LogP contribution in [0.3, 0.4) is 0 Å². The number of rotatable bonds is 3. The van der Waals surface area contributed by atoms with E-state index in [2.05, 4.69) is 17.1 Å². The summed E-state index contributed by atoms with van der Waals surface area (Å²) < 4.78 is 5.70. The van der Waals surface area contributed by atoms with Gasteiger partial charge >= 0.3 is 0 Å². The SMILES string of the molecule is Cc1cnnc(-c2cccc(OC(C)C)c2)c1C. The Balaban J connectivity index is 2.41. The minimum absolute atomic E-state index is 0.171. The van der Waals surface area contributed by atoms with Crippen molar-refractivity contribution < 1.29 is 4.74 Å². The molecule has 0 radical (unpaired) electrons. The molecule has 0 aliphatic carbocycles. The highest BCUT2D eigenvalue weighted by Gasteiger charge is 2.08. The fourth-order valence-corrected chi connectivity index (χ4v) is 1.79. The van der Waals surface area contributed by atoms with Gasteiger partial charge in [0, 0.05) is 5.56 Å². The van der Waals surface area contributed by atoms with Crippen molar-refractivity contribution in [2.24, 2.45) is 0 Å². The summed E-state index contributed by atoms with van der Waals surface area (Å²) in [7, 11) is 0. The number of ether oxygens (including phenoxy) is 1. The predicted molar refractivity (Wildman–Crippen MR) is 72.7 cm³/mol. The van der Waals surface area contributed by atoms with Gasteiger partial charge in [-0.1, -0.05) is 12.1 Å². The van der Waals surface area contributed by atoms with Gasteiger partial charge in [-0.25, -0.2) is 0 Å². The largest absolute Gasteiger partial charge is 0.491 e. The summed E-state index contributed by atoms with van der Waals surface area (Å²) in [5, 5.41) is 8.25. The summed E-state index contributed by atoms with van der Waals surface area (Å²) in [5.74, 6) is 0.866. The van der Waals surface area contributed by atoms with Crippen LogP contribution in [-0.2, 0) is 0 Å². The van der Waals surface area contributed by atoms with Crippen LogP contribution < -0.4 is 4.74 Å². The van der Waals surface area contributed by atoms with Crippen molar-refractivity contribution in [3.05, 3.63) is 41.6 Å². The average Bonchev–Trinajstić information content (AvgIpc) is 2.32. The Morgan fingerprint density at radius 2 is 1.94 bits per heavy atom. The van der Waals surface area contributed by atoms with Gasteiger partial charge in [0.1, 0.15) is 5.75 Å². The minimum Gasteiger partial charge on any atom is -0.491 e. The fraction of sp³-hybridized carbons (Fsp3) is 0.333. The van der Waals surface area contributed by atoms with Crippen molar-refractivity contribution in [1.29, 1.82) is 0 Å². The normalized spacial score (nSPS) is 10.7. The highest BCUT2D eigenvalue weighted by molar-refractivity contribution is 5.64. The second-order valence-electron chi connectivity index (χ2n) is 4.70. The Morgan fingerprint density at radius 1 is 1.17 bits per heavy atom. The van der Waals surface area contributed by atoms with E-state index in [1.165, 1.54) is 0 Å². The van der Waals surface area contributed by atoms with Crippen LogP contribution in [-0.4, -0.2) is 16.3 Å². The molecule has 0 saturated carbocycles. The molecule has 0 fully saturated rings. The van der Waals surface area contributed by atoms with Gasteiger partial charge in [-0.2, -0.15) is 10.2 Å². The van der Waals surface area contributed by atoms with E-state index in [0.29, 0.717) is 0 Å². The molecule has 0 spiro atoms. The van der Waals surface area contributed by atoms with Crippen LogP contribution in [0.4, 0.5) is 0 Å². The molecule has 0 aliphatic heterocycles. The molecule has 0 aliphatic rings. The molecular formula is C15H18N2O. The molecule has 0 N–H and O–H groups in total. The van der Waals surface area contributed by atoms with Gasteiger partial charge < -0.3 is 4.74 Å². The molecule has 0 unspecified atom stereocenters. The van der Waals surface area contributed by atoms with Crippen molar-refractivity contribution in [2.45, 2.75) is 33.8 Å². The maximum absolute atomic E-state index is 5.70. The number of aromatic nitrogens is 2. The lowest BCUT2D eigenvalue weighted by Gasteiger charge is -2.11. The summed E-state index contributed by atoms with van der Waals surface area (Å²) in [6, 6.07) is 7.98. The third-order valence-electron chi connectivity index (χ3n) is 2.84. The summed E-state index contributed by atoms with van der Waals surface area (Å²) >= 11 is 0. The minimum atomic E-state index is 0.171. The molecule has 2 rings (SSSR count). The molecule has 0 amide bonds. The second-order valence-corrected chi connectivity index (χ2v) is 4.70. The zero-order chi connectivity index (χ0) is 13.1. The fourth-order valence-electron chi connectivity index (χ4n) is 1.79. The molecule has 94 valence electrons. The lowest BCUT2D eigenvalue weighted by Crippen LogP contribution is -2.05. The monoisotopic (exact) mass is 242 g/mol. The Hall–Kier alpha value is -1.90. The van der Waals surface area contributed by atoms with E-state index < -0.39 is 0 Å². The van der Waals surface area contributed by atoms with E-state index >= 15 is 0 Å². The van der Waals surface area contributed by atoms with Gasteiger partial charge in [0.05, 0.1) is 18.0 Å². The van der Waals surface area contributed by atoms with E-state index in [1.54, 1.807) is 6.20 Å². The second kappa shape index (κ2) is 5.17. The number of aryl methyl sites for hydroxylation is 1. The van der Waals surface area contributed by atoms with Crippen molar-refractivity contribution >= 4 is 0 Å². The van der Waals surface area contributed by atoms with Crippen molar-refractivity contribution in [1.82, 2.24) is 10.2 Å². The molecule has 0 atom stereocenters. The smallest absolute Gasteiger partial charge is 0.120 e. The molecule has 2 aromatic rings. The molecule has 1 aromatic heterocycles. The van der Waals surface area contributed by atoms with Gasteiger partial charge in [0.15, 0.2) is 0 Å². The zero-order valence-corrected chi connectivity index (χ0v) is 11.3. The Morgan fingerprint density at radius 3 is 2.67 bits per heavy atom. The first-order valence-electron chi connectivity index (χ1n) is 6.14. The van der Waals surface area contributed by atoms with E-state index in [4.69, 9.17) is 4.74 Å². The van der Waals surface area contributed by atoms with Crippen molar-refractivity contribution in [2.75, 3.05) is 0 Å². The van der Waals surface area contributed by atoms with Crippen LogP contribution in [0.15, 0.2) is 30.5 Å². The Kier molecular flexibility index (Phi) is 3.60. The first kappa shape index (κ1) is 12.6. The maximum atomic E-state index is 5.70. The Bertz CT molecular complexity index is 550. The average molecular weight is 242 g/mol. The van der Waals surface area contributed by atoms with Crippen LogP contribution in [0, 0.1) is 13.8 Å². The molecule has 3 nitrogen and oxygen atoms in total. The number of benzene rings is 1. The summed E-state index contributed by atoms with van der Waals surface area (Å²) in [6.07, 6.45) is 1.96. The predicted octanol–water partition coefficient (Wildman–Crippen LogP) is 3.55. The zero-order valence-electron chi connectivity index (χ0n) is 11.3. The maximum Gasteiger partial charge on any atom is 0.120 e. The van der Waals surface area contributed by atoms with Crippen LogP contribution in [0.2, 0.25) is 0 Å². The molecule has 0 bridgehead atoms. The highest BCUT2D eigenvalue weighted by Crippen LogP contribution is 2.26. The quantitative estimate of drug-likeness (QED) is 0.825. The number of nitrogens with zero attached hydrogens (tertiary/aromatic N) is 2. The van der Waals surface area contributed by atoms with Gasteiger partial charge in [-0.05, 0) is 51.0 Å². The van der Waals surface area contributed by atoms with Crippen LogP contribution in [0.25, 0.3) is 11.3 Å². The molecule has 1 aromatic carbocycles. The molecular weight excluding hydrogens is 224 g/mol. The van der Waals surface area contributed by atoms with Crippen LogP contribution in [0.5, 0.6) is 5.75 Å². The molecule has 3 heteroatoms. The topological polar surface area (TPSA) is 35.0 Å². The van der Waals surface area contributed by atoms with E-state index in [9.17, 15) is 0 Å². The first-order chi connectivity index (χ1) is 8.58. The molecule has 1 heterocycles. The van der Waals surface area contributed by atoms with Gasteiger partial charge in [-0.3, -0.25) is 0 Å². The van der Waals surface area contributed by atoms with Crippen molar-refractivity contribution in [3.8, 4) is 17.0 Å². The van der Waals surface area contributed by atoms with Gasteiger partial charge in [-0.15, -0.1) is 0 Å². The van der Waals surface area contributed by atoms with E-state index in [0.717, 1.165) is 28.1 Å². The standard InChI is InChI=1S/C15H18N2O/c1-10(2)18-14-7-5-6-13(8-14)15-12(4)11(3)9-16-17-15/h5-10H,1-4H3.